The molecular weight excluding hydrogens is 256 g/mol. The number of nitrogens with one attached hydrogen (secondary N) is 1. The summed E-state index contributed by atoms with van der Waals surface area (Å²) in [5.41, 5.74) is 0. The summed E-state index contributed by atoms with van der Waals surface area (Å²) in [4.78, 5) is 2.14. The molecule has 2 rings (SSSR count). The maximum atomic E-state index is 11.7. The van der Waals surface area contributed by atoms with Crippen molar-refractivity contribution in [3.05, 3.63) is 0 Å². The quantitative estimate of drug-likeness (QED) is 0.719. The van der Waals surface area contributed by atoms with Gasteiger partial charge in [-0.3, -0.25) is 4.90 Å². The second-order valence-corrected chi connectivity index (χ2v) is 8.33. The first-order valence-electron chi connectivity index (χ1n) is 6.31. The molecule has 1 saturated heterocycles. The molecule has 2 aliphatic rings. The number of sulfone groups is 1. The summed E-state index contributed by atoms with van der Waals surface area (Å²) in [6.07, 6.45) is 5.03. The van der Waals surface area contributed by atoms with Crippen molar-refractivity contribution in [2.24, 2.45) is 0 Å². The lowest BCUT2D eigenvalue weighted by Crippen LogP contribution is -2.47. The Balaban J connectivity index is 1.75. The molecule has 1 saturated carbocycles. The molecular formula is C11H22N2O2S2. The normalized spacial score (nSPS) is 27.2. The number of nitrogens with zero attached hydrogens (tertiary/aromatic N) is 1. The highest BCUT2D eigenvalue weighted by atomic mass is 32.2. The van der Waals surface area contributed by atoms with E-state index in [0.717, 1.165) is 43.6 Å². The van der Waals surface area contributed by atoms with E-state index in [2.05, 4.69) is 10.2 Å². The molecule has 4 nitrogen and oxygen atoms in total. The van der Waals surface area contributed by atoms with Crippen LogP contribution in [0, 0.1) is 0 Å². The van der Waals surface area contributed by atoms with Crippen molar-refractivity contribution in [1.82, 2.24) is 10.2 Å². The Morgan fingerprint density at radius 1 is 1.41 bits per heavy atom. The second kappa shape index (κ2) is 5.91. The van der Waals surface area contributed by atoms with E-state index in [0.29, 0.717) is 0 Å². The van der Waals surface area contributed by atoms with Crippen molar-refractivity contribution >= 4 is 21.6 Å². The topological polar surface area (TPSA) is 49.4 Å². The van der Waals surface area contributed by atoms with Crippen LogP contribution in [0.2, 0.25) is 0 Å². The molecule has 0 aromatic rings. The van der Waals surface area contributed by atoms with E-state index in [9.17, 15) is 8.42 Å². The summed E-state index contributed by atoms with van der Waals surface area (Å²) in [6.45, 7) is 2.83. The molecule has 1 heterocycles. The van der Waals surface area contributed by atoms with Crippen LogP contribution in [0.1, 0.15) is 19.3 Å². The molecule has 0 bridgehead atoms. The van der Waals surface area contributed by atoms with Crippen LogP contribution in [0.25, 0.3) is 0 Å². The van der Waals surface area contributed by atoms with Gasteiger partial charge in [0, 0.05) is 36.9 Å². The highest BCUT2D eigenvalue weighted by Crippen LogP contribution is 2.21. The zero-order valence-electron chi connectivity index (χ0n) is 10.4. The minimum absolute atomic E-state index is 0.262. The minimum Gasteiger partial charge on any atom is -0.314 e. The van der Waals surface area contributed by atoms with Crippen molar-refractivity contribution < 1.29 is 8.42 Å². The average molecular weight is 278 g/mol. The summed E-state index contributed by atoms with van der Waals surface area (Å²) in [5.74, 6) is 1.79. The Bertz CT molecular complexity index is 341. The Kier molecular flexibility index (Phi) is 4.74. The lowest BCUT2D eigenvalue weighted by Gasteiger charge is -2.33. The zero-order valence-corrected chi connectivity index (χ0v) is 12.0. The standard InChI is InChI=1S/C11H22N2O2S2/c1-17(14,15)11-9-16-8-7-13(11)6-2-5-12-10-3-4-10/h10-12H,2-9H2,1H3. The average Bonchev–Trinajstić information content (AvgIpc) is 3.07. The number of hydrogen-bond acceptors (Lipinski definition) is 5. The Morgan fingerprint density at radius 2 is 2.18 bits per heavy atom. The third-order valence-corrected chi connectivity index (χ3v) is 6.00. The summed E-state index contributed by atoms with van der Waals surface area (Å²) in [5, 5.41) is 3.21. The molecule has 17 heavy (non-hydrogen) atoms. The first-order chi connectivity index (χ1) is 8.07. The molecule has 1 aliphatic carbocycles. The number of thioether (sulfide) groups is 1. The van der Waals surface area contributed by atoms with Gasteiger partial charge in [0.05, 0.1) is 0 Å². The van der Waals surface area contributed by atoms with Crippen molar-refractivity contribution in [3.63, 3.8) is 0 Å². The lowest BCUT2D eigenvalue weighted by atomic mass is 10.3. The van der Waals surface area contributed by atoms with Crippen LogP contribution < -0.4 is 5.32 Å². The molecule has 0 radical (unpaired) electrons. The first-order valence-corrected chi connectivity index (χ1v) is 9.42. The van der Waals surface area contributed by atoms with Crippen LogP contribution >= 0.6 is 11.8 Å². The van der Waals surface area contributed by atoms with Crippen molar-refractivity contribution in [2.75, 3.05) is 37.4 Å². The van der Waals surface area contributed by atoms with E-state index in [1.807, 2.05) is 0 Å². The van der Waals surface area contributed by atoms with Crippen molar-refractivity contribution in [2.45, 2.75) is 30.7 Å². The van der Waals surface area contributed by atoms with E-state index < -0.39 is 9.84 Å². The van der Waals surface area contributed by atoms with Gasteiger partial charge < -0.3 is 5.32 Å². The molecule has 1 unspecified atom stereocenters. The maximum absolute atomic E-state index is 11.7. The molecule has 1 N–H and O–H groups in total. The summed E-state index contributed by atoms with van der Waals surface area (Å²) < 4.78 is 23.4. The Labute approximate surface area is 108 Å². The molecule has 0 aromatic heterocycles. The fourth-order valence-corrected chi connectivity index (χ4v) is 5.11. The van der Waals surface area contributed by atoms with E-state index in [-0.39, 0.29) is 5.37 Å². The van der Waals surface area contributed by atoms with Crippen molar-refractivity contribution in [1.29, 1.82) is 0 Å². The van der Waals surface area contributed by atoms with E-state index in [1.54, 1.807) is 11.8 Å². The Morgan fingerprint density at radius 3 is 2.82 bits per heavy atom. The molecule has 0 amide bonds. The predicted molar refractivity (Wildman–Crippen MR) is 73.2 cm³/mol. The summed E-state index contributed by atoms with van der Waals surface area (Å²) in [6, 6.07) is 0.748. The molecule has 1 aliphatic heterocycles. The van der Waals surface area contributed by atoms with Gasteiger partial charge in [-0.25, -0.2) is 8.42 Å². The SMILES string of the molecule is CS(=O)(=O)C1CSCCN1CCCNC1CC1. The van der Waals surface area contributed by atoms with E-state index >= 15 is 0 Å². The predicted octanol–water partition coefficient (Wildman–Crippen LogP) is 0.548. The van der Waals surface area contributed by atoms with Gasteiger partial charge in [-0.1, -0.05) is 0 Å². The number of hydrogen-bond donors (Lipinski definition) is 1. The van der Waals surface area contributed by atoms with Crippen LogP contribution in [-0.2, 0) is 9.84 Å². The molecule has 0 aromatic carbocycles. The number of rotatable bonds is 6. The van der Waals surface area contributed by atoms with Crippen LogP contribution in [0.4, 0.5) is 0 Å². The Hall–Kier alpha value is 0.220. The smallest absolute Gasteiger partial charge is 0.164 e. The first kappa shape index (κ1) is 13.6. The summed E-state index contributed by atoms with van der Waals surface area (Å²) in [7, 11) is -2.93. The van der Waals surface area contributed by atoms with Crippen molar-refractivity contribution in [3.8, 4) is 0 Å². The monoisotopic (exact) mass is 278 g/mol. The van der Waals surface area contributed by atoms with Crippen LogP contribution in [0.15, 0.2) is 0 Å². The fraction of sp³-hybridized carbons (Fsp3) is 1.00. The van der Waals surface area contributed by atoms with E-state index in [4.69, 9.17) is 0 Å². The van der Waals surface area contributed by atoms with Gasteiger partial charge in [0.1, 0.15) is 5.37 Å². The zero-order chi connectivity index (χ0) is 12.3. The third kappa shape index (κ3) is 4.43. The van der Waals surface area contributed by atoms with Gasteiger partial charge in [0.2, 0.25) is 0 Å². The van der Waals surface area contributed by atoms with Gasteiger partial charge in [-0.05, 0) is 25.8 Å². The fourth-order valence-electron chi connectivity index (χ4n) is 2.14. The van der Waals surface area contributed by atoms with Crippen LogP contribution in [-0.4, -0.2) is 62.1 Å². The second-order valence-electron chi connectivity index (χ2n) is 4.98. The van der Waals surface area contributed by atoms with Gasteiger partial charge in [0.15, 0.2) is 9.84 Å². The van der Waals surface area contributed by atoms with Crippen LogP contribution in [0.5, 0.6) is 0 Å². The minimum atomic E-state index is -2.93. The maximum Gasteiger partial charge on any atom is 0.164 e. The molecule has 1 atom stereocenters. The summed E-state index contributed by atoms with van der Waals surface area (Å²) >= 11 is 1.75. The highest BCUT2D eigenvalue weighted by Gasteiger charge is 2.30. The van der Waals surface area contributed by atoms with Crippen LogP contribution in [0.3, 0.4) is 0 Å². The molecule has 0 spiro atoms. The van der Waals surface area contributed by atoms with Gasteiger partial charge in [0.25, 0.3) is 0 Å². The molecule has 6 heteroatoms. The van der Waals surface area contributed by atoms with Gasteiger partial charge in [-0.2, -0.15) is 11.8 Å². The largest absolute Gasteiger partial charge is 0.314 e. The molecule has 2 fully saturated rings. The highest BCUT2D eigenvalue weighted by molar-refractivity contribution is 8.00. The molecule has 100 valence electrons. The third-order valence-electron chi connectivity index (χ3n) is 3.32. The van der Waals surface area contributed by atoms with Gasteiger partial charge in [-0.15, -0.1) is 0 Å². The van der Waals surface area contributed by atoms with E-state index in [1.165, 1.54) is 19.1 Å². The van der Waals surface area contributed by atoms with Gasteiger partial charge >= 0.3 is 0 Å². The lowest BCUT2D eigenvalue weighted by molar-refractivity contribution is 0.266.